The molecule has 0 amide bonds. The minimum absolute atomic E-state index is 0.825. The van der Waals surface area contributed by atoms with Gasteiger partial charge < -0.3 is 15.0 Å². The normalized spacial score (nSPS) is 11.0. The van der Waals surface area contributed by atoms with Gasteiger partial charge >= 0.3 is 0 Å². The number of hydrogen-bond donors (Lipinski definition) is 1. The predicted octanol–water partition coefficient (Wildman–Crippen LogP) is 0.564. The van der Waals surface area contributed by atoms with E-state index in [9.17, 15) is 0 Å². The van der Waals surface area contributed by atoms with Crippen LogP contribution in [0.1, 0.15) is 13.8 Å². The van der Waals surface area contributed by atoms with Gasteiger partial charge in [-0.05, 0) is 20.1 Å². The Balaban J connectivity index is 2.90. The molecule has 3 heteroatoms. The van der Waals surface area contributed by atoms with Gasteiger partial charge in [-0.2, -0.15) is 0 Å². The fraction of sp³-hybridized carbons (Fsp3) is 1.00. The predicted molar refractivity (Wildman–Crippen MR) is 52.5 cm³/mol. The lowest BCUT2D eigenvalue weighted by molar-refractivity contribution is 0.115. The third-order valence-corrected chi connectivity index (χ3v) is 1.83. The molecule has 0 bridgehead atoms. The van der Waals surface area contributed by atoms with Crippen LogP contribution in [0.5, 0.6) is 0 Å². The molecule has 0 saturated carbocycles. The Morgan fingerprint density at radius 1 is 1.25 bits per heavy atom. The van der Waals surface area contributed by atoms with E-state index >= 15 is 0 Å². The molecule has 0 saturated heterocycles. The summed E-state index contributed by atoms with van der Waals surface area (Å²) in [5.74, 6) is 0. The van der Waals surface area contributed by atoms with E-state index < -0.39 is 0 Å². The third-order valence-electron chi connectivity index (χ3n) is 1.83. The highest BCUT2D eigenvalue weighted by molar-refractivity contribution is 4.46. The van der Waals surface area contributed by atoms with Crippen LogP contribution in [0.2, 0.25) is 0 Å². The van der Waals surface area contributed by atoms with E-state index in [1.807, 2.05) is 0 Å². The molecular formula is C9H22N2O. The minimum Gasteiger partial charge on any atom is -0.379 e. The Morgan fingerprint density at radius 3 is 2.58 bits per heavy atom. The maximum absolute atomic E-state index is 5.40. The summed E-state index contributed by atoms with van der Waals surface area (Å²) < 4.78 is 5.40. The average Bonchev–Trinajstić information content (AvgIpc) is 2.10. The van der Waals surface area contributed by atoms with Crippen molar-refractivity contribution in [3.63, 3.8) is 0 Å². The first-order valence-electron chi connectivity index (χ1n) is 4.78. The van der Waals surface area contributed by atoms with Crippen molar-refractivity contribution in [2.75, 3.05) is 46.4 Å². The van der Waals surface area contributed by atoms with Crippen LogP contribution in [-0.2, 0) is 4.74 Å². The molecule has 0 aromatic rings. The fourth-order valence-electron chi connectivity index (χ4n) is 0.802. The highest BCUT2D eigenvalue weighted by Crippen LogP contribution is 1.81. The average molecular weight is 174 g/mol. The third kappa shape index (κ3) is 7.98. The summed E-state index contributed by atoms with van der Waals surface area (Å²) in [6.45, 7) is 10.0. The number of ether oxygens (including phenoxy) is 1. The summed E-state index contributed by atoms with van der Waals surface area (Å²) in [4.78, 5) is 2.24. The molecule has 0 aliphatic carbocycles. The zero-order chi connectivity index (χ0) is 9.23. The second kappa shape index (κ2) is 8.97. The molecule has 0 unspecified atom stereocenters. The maximum Gasteiger partial charge on any atom is 0.0593 e. The van der Waals surface area contributed by atoms with E-state index in [4.69, 9.17) is 4.74 Å². The van der Waals surface area contributed by atoms with Gasteiger partial charge in [0.25, 0.3) is 0 Å². The molecule has 0 aromatic heterocycles. The first-order chi connectivity index (χ1) is 5.81. The van der Waals surface area contributed by atoms with Crippen molar-refractivity contribution in [1.29, 1.82) is 0 Å². The van der Waals surface area contributed by atoms with Gasteiger partial charge in [0.15, 0.2) is 0 Å². The van der Waals surface area contributed by atoms with E-state index in [1.54, 1.807) is 0 Å². The molecule has 0 aliphatic rings. The molecule has 0 heterocycles. The summed E-state index contributed by atoms with van der Waals surface area (Å²) in [6.07, 6.45) is 0. The Morgan fingerprint density at radius 2 is 2.00 bits per heavy atom. The molecule has 0 aromatic carbocycles. The number of hydrogen-bond acceptors (Lipinski definition) is 3. The smallest absolute Gasteiger partial charge is 0.0593 e. The van der Waals surface area contributed by atoms with Crippen molar-refractivity contribution in [1.82, 2.24) is 10.2 Å². The van der Waals surface area contributed by atoms with E-state index in [0.29, 0.717) is 0 Å². The van der Waals surface area contributed by atoms with Gasteiger partial charge in [0.1, 0.15) is 0 Å². The van der Waals surface area contributed by atoms with Crippen LogP contribution in [0.15, 0.2) is 0 Å². The molecular weight excluding hydrogens is 152 g/mol. The van der Waals surface area contributed by atoms with E-state index in [-0.39, 0.29) is 0 Å². The number of likely N-dealkylation sites (N-methyl/N-ethyl adjacent to an activating group) is 2. The number of nitrogens with one attached hydrogen (secondary N) is 1. The van der Waals surface area contributed by atoms with Gasteiger partial charge in [-0.3, -0.25) is 0 Å². The summed E-state index contributed by atoms with van der Waals surface area (Å²) >= 11 is 0. The highest BCUT2D eigenvalue weighted by atomic mass is 16.5. The van der Waals surface area contributed by atoms with Crippen LogP contribution in [0.25, 0.3) is 0 Å². The van der Waals surface area contributed by atoms with Gasteiger partial charge in [0.05, 0.1) is 13.2 Å². The molecule has 3 nitrogen and oxygen atoms in total. The molecule has 0 aliphatic heterocycles. The van der Waals surface area contributed by atoms with E-state index in [0.717, 1.165) is 39.4 Å². The van der Waals surface area contributed by atoms with E-state index in [2.05, 4.69) is 31.1 Å². The molecule has 0 spiro atoms. The van der Waals surface area contributed by atoms with Crippen molar-refractivity contribution < 1.29 is 4.74 Å². The lowest BCUT2D eigenvalue weighted by Crippen LogP contribution is -2.25. The first kappa shape index (κ1) is 11.9. The molecule has 0 rings (SSSR count). The molecule has 12 heavy (non-hydrogen) atoms. The van der Waals surface area contributed by atoms with Crippen molar-refractivity contribution in [3.8, 4) is 0 Å². The Kier molecular flexibility index (Phi) is 8.88. The van der Waals surface area contributed by atoms with Crippen molar-refractivity contribution >= 4 is 0 Å². The SMILES string of the molecule is CCNCCOCCN(C)CC. The Hall–Kier alpha value is -0.120. The van der Waals surface area contributed by atoms with Gasteiger partial charge in [0.2, 0.25) is 0 Å². The van der Waals surface area contributed by atoms with Crippen LogP contribution in [-0.4, -0.2) is 51.3 Å². The summed E-state index contributed by atoms with van der Waals surface area (Å²) in [5.41, 5.74) is 0. The van der Waals surface area contributed by atoms with Gasteiger partial charge in [-0.15, -0.1) is 0 Å². The van der Waals surface area contributed by atoms with Crippen molar-refractivity contribution in [2.45, 2.75) is 13.8 Å². The van der Waals surface area contributed by atoms with Gasteiger partial charge in [0, 0.05) is 13.1 Å². The topological polar surface area (TPSA) is 24.5 Å². The standard InChI is InChI=1S/C9H22N2O/c1-4-10-6-8-12-9-7-11(3)5-2/h10H,4-9H2,1-3H3. The highest BCUT2D eigenvalue weighted by Gasteiger charge is 1.92. The first-order valence-corrected chi connectivity index (χ1v) is 4.78. The fourth-order valence-corrected chi connectivity index (χ4v) is 0.802. The zero-order valence-corrected chi connectivity index (χ0v) is 8.60. The molecule has 0 fully saturated rings. The minimum atomic E-state index is 0.825. The van der Waals surface area contributed by atoms with Crippen molar-refractivity contribution in [2.24, 2.45) is 0 Å². The molecule has 74 valence electrons. The van der Waals surface area contributed by atoms with Crippen LogP contribution >= 0.6 is 0 Å². The Bertz CT molecular complexity index is 88.6. The van der Waals surface area contributed by atoms with E-state index in [1.165, 1.54) is 0 Å². The second-order valence-corrected chi connectivity index (χ2v) is 2.86. The maximum atomic E-state index is 5.40. The number of nitrogens with zero attached hydrogens (tertiary/aromatic N) is 1. The quantitative estimate of drug-likeness (QED) is 0.544. The second-order valence-electron chi connectivity index (χ2n) is 2.86. The molecule has 0 atom stereocenters. The van der Waals surface area contributed by atoms with Crippen molar-refractivity contribution in [3.05, 3.63) is 0 Å². The molecule has 1 N–H and O–H groups in total. The summed E-state index contributed by atoms with van der Waals surface area (Å²) in [5, 5.41) is 3.21. The largest absolute Gasteiger partial charge is 0.379 e. The van der Waals surface area contributed by atoms with Gasteiger partial charge in [-0.1, -0.05) is 13.8 Å². The number of rotatable bonds is 8. The lowest BCUT2D eigenvalue weighted by atomic mass is 10.5. The van der Waals surface area contributed by atoms with Crippen LogP contribution in [0, 0.1) is 0 Å². The summed E-state index contributed by atoms with van der Waals surface area (Å²) in [6, 6.07) is 0. The Labute approximate surface area is 76.1 Å². The van der Waals surface area contributed by atoms with Crippen LogP contribution in [0.4, 0.5) is 0 Å². The van der Waals surface area contributed by atoms with Crippen LogP contribution in [0.3, 0.4) is 0 Å². The summed E-state index contributed by atoms with van der Waals surface area (Å²) in [7, 11) is 2.10. The molecule has 0 radical (unpaired) electrons. The monoisotopic (exact) mass is 174 g/mol. The lowest BCUT2D eigenvalue weighted by Gasteiger charge is -2.13. The van der Waals surface area contributed by atoms with Crippen LogP contribution < -0.4 is 5.32 Å². The zero-order valence-electron chi connectivity index (χ0n) is 8.60. The van der Waals surface area contributed by atoms with Gasteiger partial charge in [-0.25, -0.2) is 0 Å².